The van der Waals surface area contributed by atoms with Gasteiger partial charge in [0.25, 0.3) is 0 Å². The largest absolute Gasteiger partial charge is 0.496 e. The molecule has 0 atom stereocenters. The lowest BCUT2D eigenvalue weighted by molar-refractivity contribution is -0.116. The van der Waals surface area contributed by atoms with Crippen molar-refractivity contribution in [2.45, 2.75) is 26.7 Å². The quantitative estimate of drug-likeness (QED) is 0.457. The Labute approximate surface area is 166 Å². The lowest BCUT2D eigenvalue weighted by Crippen LogP contribution is -2.38. The van der Waals surface area contributed by atoms with Crippen LogP contribution in [0.1, 0.15) is 24.6 Å². The van der Waals surface area contributed by atoms with Crippen LogP contribution in [0, 0.1) is 6.92 Å². The zero-order chi connectivity index (χ0) is 20.2. The van der Waals surface area contributed by atoms with Crippen LogP contribution in [0.2, 0.25) is 0 Å². The second-order valence-electron chi connectivity index (χ2n) is 6.21. The molecular weight excluding hydrogens is 354 g/mol. The summed E-state index contributed by atoms with van der Waals surface area (Å²) < 4.78 is 5.37. The Bertz CT molecular complexity index is 792. The van der Waals surface area contributed by atoms with Crippen LogP contribution in [-0.4, -0.2) is 43.6 Å². The van der Waals surface area contributed by atoms with Gasteiger partial charge in [-0.05, 0) is 44.0 Å². The third-order valence-corrected chi connectivity index (χ3v) is 3.99. The van der Waals surface area contributed by atoms with E-state index in [-0.39, 0.29) is 5.91 Å². The lowest BCUT2D eigenvalue weighted by Gasteiger charge is -2.12. The molecule has 0 aliphatic rings. The van der Waals surface area contributed by atoms with Crippen LogP contribution in [0.5, 0.6) is 5.75 Å². The highest BCUT2D eigenvalue weighted by Crippen LogP contribution is 2.17. The van der Waals surface area contributed by atoms with Crippen molar-refractivity contribution in [3.05, 3.63) is 53.7 Å². The van der Waals surface area contributed by atoms with Gasteiger partial charge in [-0.15, -0.1) is 0 Å². The zero-order valence-corrected chi connectivity index (χ0v) is 16.8. The molecule has 0 spiro atoms. The molecule has 0 fully saturated rings. The summed E-state index contributed by atoms with van der Waals surface area (Å²) in [6.07, 6.45) is 1.10. The van der Waals surface area contributed by atoms with Gasteiger partial charge in [0.05, 0.1) is 13.7 Å². The number of carbonyl (C=O) groups excluding carboxylic acids is 1. The molecular formula is C21H29N5O2. The summed E-state index contributed by atoms with van der Waals surface area (Å²) in [6, 6.07) is 13.5. The summed E-state index contributed by atoms with van der Waals surface area (Å²) in [4.78, 5) is 20.8. The summed E-state index contributed by atoms with van der Waals surface area (Å²) in [5.41, 5.74) is 2.00. The summed E-state index contributed by atoms with van der Waals surface area (Å²) in [5.74, 6) is 2.04. The average molecular weight is 383 g/mol. The van der Waals surface area contributed by atoms with Crippen LogP contribution in [0.3, 0.4) is 0 Å². The van der Waals surface area contributed by atoms with E-state index in [1.54, 1.807) is 13.2 Å². The molecule has 0 saturated heterocycles. The van der Waals surface area contributed by atoms with Gasteiger partial charge in [0.1, 0.15) is 11.6 Å². The topological polar surface area (TPSA) is 87.6 Å². The number of amides is 1. The number of anilines is 1. The summed E-state index contributed by atoms with van der Waals surface area (Å²) in [5, 5.41) is 9.27. The van der Waals surface area contributed by atoms with Gasteiger partial charge in [0, 0.05) is 25.2 Å². The number of hydrogen-bond donors (Lipinski definition) is 3. The zero-order valence-electron chi connectivity index (χ0n) is 16.8. The van der Waals surface area contributed by atoms with Crippen molar-refractivity contribution >= 4 is 17.7 Å². The first kappa shape index (κ1) is 21.2. The highest BCUT2D eigenvalue weighted by molar-refractivity contribution is 5.90. The van der Waals surface area contributed by atoms with E-state index in [9.17, 15) is 4.79 Å². The number of benzene rings is 1. The molecule has 1 amide bonds. The fraction of sp³-hybridized carbons (Fsp3) is 0.381. The van der Waals surface area contributed by atoms with Crippen LogP contribution in [0.15, 0.2) is 47.5 Å². The first-order valence-electron chi connectivity index (χ1n) is 9.50. The number of carbonyl (C=O) groups is 1. The Kier molecular flexibility index (Phi) is 8.78. The number of aryl methyl sites for hydroxylation is 1. The molecule has 0 aliphatic carbocycles. The molecule has 1 aromatic carbocycles. The van der Waals surface area contributed by atoms with Gasteiger partial charge < -0.3 is 20.7 Å². The second kappa shape index (κ2) is 11.6. The van der Waals surface area contributed by atoms with Crippen molar-refractivity contribution in [1.82, 2.24) is 15.6 Å². The van der Waals surface area contributed by atoms with Gasteiger partial charge in [0.2, 0.25) is 5.91 Å². The molecule has 0 aliphatic heterocycles. The number of pyridine rings is 1. The normalized spacial score (nSPS) is 11.0. The van der Waals surface area contributed by atoms with E-state index in [1.807, 2.05) is 50.2 Å². The van der Waals surface area contributed by atoms with Gasteiger partial charge in [0.15, 0.2) is 5.96 Å². The van der Waals surface area contributed by atoms with Crippen molar-refractivity contribution in [3.8, 4) is 5.75 Å². The molecule has 0 radical (unpaired) electrons. The second-order valence-corrected chi connectivity index (χ2v) is 6.21. The van der Waals surface area contributed by atoms with Crippen molar-refractivity contribution in [3.63, 3.8) is 0 Å². The lowest BCUT2D eigenvalue weighted by atomic mass is 10.1. The minimum absolute atomic E-state index is 0.105. The summed E-state index contributed by atoms with van der Waals surface area (Å²) >= 11 is 0. The third kappa shape index (κ3) is 7.26. The van der Waals surface area contributed by atoms with E-state index in [1.165, 1.54) is 0 Å². The van der Waals surface area contributed by atoms with E-state index in [4.69, 9.17) is 4.74 Å². The molecule has 3 N–H and O–H groups in total. The van der Waals surface area contributed by atoms with Gasteiger partial charge >= 0.3 is 0 Å². The smallest absolute Gasteiger partial charge is 0.227 e. The van der Waals surface area contributed by atoms with Crippen LogP contribution >= 0.6 is 0 Å². The Morgan fingerprint density at radius 2 is 1.96 bits per heavy atom. The maximum absolute atomic E-state index is 12.1. The molecule has 1 heterocycles. The Balaban J connectivity index is 1.80. The fourth-order valence-electron chi connectivity index (χ4n) is 2.65. The van der Waals surface area contributed by atoms with Crippen molar-refractivity contribution < 1.29 is 9.53 Å². The van der Waals surface area contributed by atoms with E-state index >= 15 is 0 Å². The highest BCUT2D eigenvalue weighted by Gasteiger charge is 2.05. The predicted molar refractivity (Wildman–Crippen MR) is 113 cm³/mol. The number of guanidine groups is 1. The maximum Gasteiger partial charge on any atom is 0.227 e. The number of ether oxygens (including phenoxy) is 1. The number of aromatic nitrogens is 1. The third-order valence-electron chi connectivity index (χ3n) is 3.99. The van der Waals surface area contributed by atoms with Gasteiger partial charge in [-0.3, -0.25) is 9.79 Å². The number of methoxy groups -OCH3 is 1. The fourth-order valence-corrected chi connectivity index (χ4v) is 2.65. The number of nitrogens with zero attached hydrogens (tertiary/aromatic N) is 2. The number of para-hydroxylation sites is 1. The van der Waals surface area contributed by atoms with E-state index in [0.717, 1.165) is 30.0 Å². The molecule has 2 rings (SSSR count). The molecule has 2 aromatic rings. The maximum atomic E-state index is 12.1. The van der Waals surface area contributed by atoms with Gasteiger partial charge in [-0.1, -0.05) is 24.3 Å². The van der Waals surface area contributed by atoms with Gasteiger partial charge in [-0.2, -0.15) is 0 Å². The first-order chi connectivity index (χ1) is 13.6. The molecule has 7 heteroatoms. The molecule has 0 saturated carbocycles. The monoisotopic (exact) mass is 383 g/mol. The summed E-state index contributed by atoms with van der Waals surface area (Å²) in [6.45, 7) is 5.75. The van der Waals surface area contributed by atoms with Crippen LogP contribution < -0.4 is 20.7 Å². The Morgan fingerprint density at radius 1 is 1.14 bits per heavy atom. The average Bonchev–Trinajstić information content (AvgIpc) is 2.68. The Hall–Kier alpha value is -3.09. The standard InChI is InChI=1S/C21H29N5O2/c1-4-22-21(23-14-12-17-9-5-6-10-18(17)28-3)24-15-13-20(27)26-19-11-7-8-16(2)25-19/h5-11H,4,12-15H2,1-3H3,(H2,22,23,24)(H,25,26,27). The van der Waals surface area contributed by atoms with Crippen LogP contribution in [0.4, 0.5) is 5.82 Å². The molecule has 150 valence electrons. The summed E-state index contributed by atoms with van der Waals surface area (Å²) in [7, 11) is 1.68. The van der Waals surface area contributed by atoms with E-state index < -0.39 is 0 Å². The van der Waals surface area contributed by atoms with Crippen molar-refractivity contribution in [2.24, 2.45) is 4.99 Å². The SMILES string of the molecule is CCNC(=NCCC(=O)Nc1cccc(C)n1)NCCc1ccccc1OC. The number of aliphatic imine (C=N–C) groups is 1. The minimum atomic E-state index is -0.105. The molecule has 0 unspecified atom stereocenters. The molecule has 0 bridgehead atoms. The number of nitrogens with one attached hydrogen (secondary N) is 3. The Morgan fingerprint density at radius 3 is 2.71 bits per heavy atom. The number of hydrogen-bond acceptors (Lipinski definition) is 4. The van der Waals surface area contributed by atoms with E-state index in [0.29, 0.717) is 31.3 Å². The minimum Gasteiger partial charge on any atom is -0.496 e. The first-order valence-corrected chi connectivity index (χ1v) is 9.50. The molecule has 7 nitrogen and oxygen atoms in total. The highest BCUT2D eigenvalue weighted by atomic mass is 16.5. The molecule has 1 aromatic heterocycles. The van der Waals surface area contributed by atoms with Crippen LogP contribution in [0.25, 0.3) is 0 Å². The van der Waals surface area contributed by atoms with E-state index in [2.05, 4.69) is 25.9 Å². The van der Waals surface area contributed by atoms with Crippen molar-refractivity contribution in [2.75, 3.05) is 32.1 Å². The van der Waals surface area contributed by atoms with Gasteiger partial charge in [-0.25, -0.2) is 4.98 Å². The number of rotatable bonds is 9. The van der Waals surface area contributed by atoms with Crippen molar-refractivity contribution in [1.29, 1.82) is 0 Å². The molecule has 28 heavy (non-hydrogen) atoms. The van der Waals surface area contributed by atoms with Crippen LogP contribution in [-0.2, 0) is 11.2 Å². The predicted octanol–water partition coefficient (Wildman–Crippen LogP) is 2.53.